The van der Waals surface area contributed by atoms with Crippen molar-refractivity contribution in [3.63, 3.8) is 0 Å². The first-order chi connectivity index (χ1) is 11.3. The van der Waals surface area contributed by atoms with Gasteiger partial charge in [0.2, 0.25) is 0 Å². The molecule has 1 atom stereocenters. The van der Waals surface area contributed by atoms with E-state index in [1.165, 1.54) is 84.1 Å². The van der Waals surface area contributed by atoms with E-state index in [1.54, 1.807) is 0 Å². The lowest BCUT2D eigenvalue weighted by atomic mass is 10.2. The number of nitrogens with zero attached hydrogens (tertiary/aromatic N) is 3. The fraction of sp³-hybridized carbons (Fsp3) is 0.944. The van der Waals surface area contributed by atoms with Gasteiger partial charge in [-0.2, -0.15) is 0 Å². The Labute approximate surface area is 141 Å². The van der Waals surface area contributed by atoms with Crippen LogP contribution in [-0.4, -0.2) is 74.2 Å². The standard InChI is InChI=1S/C18H35N5/c1-19-18(20-10-6-13-22-11-4-5-12-22)21-16-9-14-23(15-16)17-7-2-3-8-17/h16-17H,2-15H2,1H3,(H2,19,20,21). The van der Waals surface area contributed by atoms with Crippen molar-refractivity contribution in [3.05, 3.63) is 0 Å². The molecule has 5 nitrogen and oxygen atoms in total. The van der Waals surface area contributed by atoms with Crippen molar-refractivity contribution in [3.8, 4) is 0 Å². The van der Waals surface area contributed by atoms with Gasteiger partial charge in [0.15, 0.2) is 5.96 Å². The first-order valence-corrected chi connectivity index (χ1v) is 9.79. The predicted octanol–water partition coefficient (Wildman–Crippen LogP) is 1.65. The van der Waals surface area contributed by atoms with E-state index in [4.69, 9.17) is 0 Å². The van der Waals surface area contributed by atoms with Crippen molar-refractivity contribution in [2.75, 3.05) is 46.3 Å². The van der Waals surface area contributed by atoms with Crippen LogP contribution in [0.4, 0.5) is 0 Å². The van der Waals surface area contributed by atoms with Crippen molar-refractivity contribution in [2.45, 2.75) is 63.5 Å². The zero-order valence-corrected chi connectivity index (χ0v) is 14.9. The lowest BCUT2D eigenvalue weighted by Gasteiger charge is -2.24. The molecule has 0 aromatic rings. The molecule has 0 aromatic heterocycles. The fourth-order valence-electron chi connectivity index (χ4n) is 4.41. The molecule has 3 rings (SSSR count). The Morgan fingerprint density at radius 2 is 1.83 bits per heavy atom. The van der Waals surface area contributed by atoms with E-state index in [-0.39, 0.29) is 0 Å². The molecule has 1 aliphatic carbocycles. The van der Waals surface area contributed by atoms with Crippen LogP contribution in [0.25, 0.3) is 0 Å². The van der Waals surface area contributed by atoms with E-state index in [1.807, 2.05) is 7.05 Å². The Hall–Kier alpha value is -0.810. The number of guanidine groups is 1. The minimum absolute atomic E-state index is 0.570. The molecule has 3 aliphatic rings. The average molecular weight is 322 g/mol. The highest BCUT2D eigenvalue weighted by molar-refractivity contribution is 5.79. The maximum atomic E-state index is 4.41. The van der Waals surface area contributed by atoms with Gasteiger partial charge in [-0.3, -0.25) is 9.89 Å². The lowest BCUT2D eigenvalue weighted by Crippen LogP contribution is -2.45. The van der Waals surface area contributed by atoms with Crippen LogP contribution < -0.4 is 10.6 Å². The van der Waals surface area contributed by atoms with Gasteiger partial charge in [-0.1, -0.05) is 12.8 Å². The van der Waals surface area contributed by atoms with E-state index in [2.05, 4.69) is 25.4 Å². The molecule has 1 saturated carbocycles. The van der Waals surface area contributed by atoms with Gasteiger partial charge in [0.25, 0.3) is 0 Å². The van der Waals surface area contributed by atoms with Crippen LogP contribution in [0.1, 0.15) is 51.4 Å². The van der Waals surface area contributed by atoms with Gasteiger partial charge >= 0.3 is 0 Å². The van der Waals surface area contributed by atoms with Crippen LogP contribution in [-0.2, 0) is 0 Å². The topological polar surface area (TPSA) is 42.9 Å². The third-order valence-corrected chi connectivity index (χ3v) is 5.77. The highest BCUT2D eigenvalue weighted by Gasteiger charge is 2.30. The van der Waals surface area contributed by atoms with E-state index in [0.717, 1.165) is 18.5 Å². The molecule has 2 N–H and O–H groups in total. The maximum Gasteiger partial charge on any atom is 0.191 e. The van der Waals surface area contributed by atoms with Gasteiger partial charge in [-0.25, -0.2) is 0 Å². The van der Waals surface area contributed by atoms with Crippen LogP contribution in [0.3, 0.4) is 0 Å². The molecule has 0 radical (unpaired) electrons. The Morgan fingerprint density at radius 3 is 2.57 bits per heavy atom. The summed E-state index contributed by atoms with van der Waals surface area (Å²) in [7, 11) is 1.89. The number of nitrogens with one attached hydrogen (secondary N) is 2. The van der Waals surface area contributed by atoms with Crippen LogP contribution in [0.2, 0.25) is 0 Å². The van der Waals surface area contributed by atoms with Crippen LogP contribution in [0.15, 0.2) is 4.99 Å². The third-order valence-electron chi connectivity index (χ3n) is 5.77. The molecule has 0 bridgehead atoms. The molecule has 1 unspecified atom stereocenters. The largest absolute Gasteiger partial charge is 0.356 e. The van der Waals surface area contributed by atoms with Crippen molar-refractivity contribution in [2.24, 2.45) is 4.99 Å². The molecule has 23 heavy (non-hydrogen) atoms. The number of aliphatic imine (C=N–C) groups is 1. The second kappa shape index (κ2) is 8.88. The second-order valence-corrected chi connectivity index (χ2v) is 7.46. The van der Waals surface area contributed by atoms with Crippen molar-refractivity contribution >= 4 is 5.96 Å². The fourth-order valence-corrected chi connectivity index (χ4v) is 4.41. The first kappa shape index (κ1) is 17.0. The van der Waals surface area contributed by atoms with E-state index >= 15 is 0 Å². The zero-order chi connectivity index (χ0) is 15.9. The Balaban J connectivity index is 1.31. The molecule has 2 aliphatic heterocycles. The number of rotatable bonds is 6. The molecular formula is C18H35N5. The summed E-state index contributed by atoms with van der Waals surface area (Å²) in [5.41, 5.74) is 0. The molecule has 0 spiro atoms. The predicted molar refractivity (Wildman–Crippen MR) is 97.0 cm³/mol. The lowest BCUT2D eigenvalue weighted by molar-refractivity contribution is 0.242. The third kappa shape index (κ3) is 5.08. The van der Waals surface area contributed by atoms with Gasteiger partial charge in [-0.05, 0) is 58.2 Å². The van der Waals surface area contributed by atoms with Crippen molar-refractivity contribution in [1.29, 1.82) is 0 Å². The summed E-state index contributed by atoms with van der Waals surface area (Å²) in [6.07, 6.45) is 10.9. The quantitative estimate of drug-likeness (QED) is 0.443. The average Bonchev–Trinajstić information content (AvgIpc) is 3.32. The minimum atomic E-state index is 0.570. The Morgan fingerprint density at radius 1 is 1.04 bits per heavy atom. The van der Waals surface area contributed by atoms with Gasteiger partial charge in [0, 0.05) is 38.8 Å². The first-order valence-electron chi connectivity index (χ1n) is 9.79. The number of hydrogen-bond acceptors (Lipinski definition) is 3. The molecule has 0 amide bonds. The molecule has 3 fully saturated rings. The smallest absolute Gasteiger partial charge is 0.191 e. The number of likely N-dealkylation sites (tertiary alicyclic amines) is 2. The second-order valence-electron chi connectivity index (χ2n) is 7.46. The Bertz CT molecular complexity index is 372. The summed E-state index contributed by atoms with van der Waals surface area (Å²) in [6, 6.07) is 1.43. The van der Waals surface area contributed by atoms with Gasteiger partial charge < -0.3 is 15.5 Å². The maximum absolute atomic E-state index is 4.41. The normalized spacial score (nSPS) is 27.9. The summed E-state index contributed by atoms with van der Waals surface area (Å²) in [4.78, 5) is 9.68. The summed E-state index contributed by atoms with van der Waals surface area (Å²) in [5.74, 6) is 0.990. The van der Waals surface area contributed by atoms with E-state index in [9.17, 15) is 0 Å². The highest BCUT2D eigenvalue weighted by atomic mass is 15.3. The summed E-state index contributed by atoms with van der Waals surface area (Å²) >= 11 is 0. The highest BCUT2D eigenvalue weighted by Crippen LogP contribution is 2.26. The van der Waals surface area contributed by atoms with E-state index < -0.39 is 0 Å². The van der Waals surface area contributed by atoms with Crippen LogP contribution in [0, 0.1) is 0 Å². The molecule has 5 heteroatoms. The SMILES string of the molecule is CN=C(NCCCN1CCCC1)NC1CCN(C2CCCC2)C1. The Kier molecular flexibility index (Phi) is 6.57. The molecule has 0 aromatic carbocycles. The zero-order valence-electron chi connectivity index (χ0n) is 14.9. The van der Waals surface area contributed by atoms with Gasteiger partial charge in [-0.15, -0.1) is 0 Å². The summed E-state index contributed by atoms with van der Waals surface area (Å²) < 4.78 is 0. The molecule has 2 saturated heterocycles. The van der Waals surface area contributed by atoms with Gasteiger partial charge in [0.05, 0.1) is 0 Å². The minimum Gasteiger partial charge on any atom is -0.356 e. The van der Waals surface area contributed by atoms with E-state index in [0.29, 0.717) is 6.04 Å². The summed E-state index contributed by atoms with van der Waals surface area (Å²) in [5, 5.41) is 7.13. The van der Waals surface area contributed by atoms with Crippen LogP contribution >= 0.6 is 0 Å². The molecule has 132 valence electrons. The van der Waals surface area contributed by atoms with Crippen molar-refractivity contribution in [1.82, 2.24) is 20.4 Å². The van der Waals surface area contributed by atoms with Gasteiger partial charge in [0.1, 0.15) is 0 Å². The van der Waals surface area contributed by atoms with Crippen LogP contribution in [0.5, 0.6) is 0 Å². The monoisotopic (exact) mass is 321 g/mol. The molecular weight excluding hydrogens is 286 g/mol. The van der Waals surface area contributed by atoms with Crippen molar-refractivity contribution < 1.29 is 0 Å². The number of hydrogen-bond donors (Lipinski definition) is 2. The molecule has 2 heterocycles. The summed E-state index contributed by atoms with van der Waals surface area (Å²) in [6.45, 7) is 7.30.